The summed E-state index contributed by atoms with van der Waals surface area (Å²) >= 11 is 0. The maximum Gasteiger partial charge on any atom is 0.0652 e. The number of ether oxygens (including phenoxy) is 1. The molecule has 0 aromatic heterocycles. The van der Waals surface area contributed by atoms with Gasteiger partial charge in [0, 0.05) is 12.1 Å². The Morgan fingerprint density at radius 2 is 2.00 bits per heavy atom. The highest BCUT2D eigenvalue weighted by molar-refractivity contribution is 5.85. The zero-order valence-electron chi connectivity index (χ0n) is 9.37. The van der Waals surface area contributed by atoms with Crippen molar-refractivity contribution in [3.8, 4) is 0 Å². The van der Waals surface area contributed by atoms with Crippen LogP contribution in [-0.4, -0.2) is 25.3 Å². The molecule has 1 aromatic rings. The fourth-order valence-corrected chi connectivity index (χ4v) is 2.78. The van der Waals surface area contributed by atoms with Gasteiger partial charge in [-0.2, -0.15) is 0 Å². The predicted octanol–water partition coefficient (Wildman–Crippen LogP) is 1.96. The van der Waals surface area contributed by atoms with Gasteiger partial charge in [-0.3, -0.25) is 0 Å². The fraction of sp³-hybridized carbons (Fsp3) is 0.538. The van der Waals surface area contributed by atoms with Crippen molar-refractivity contribution in [1.82, 2.24) is 5.32 Å². The number of hydrogen-bond donors (Lipinski definition) is 1. The molecule has 1 heterocycles. The van der Waals surface area contributed by atoms with Crippen molar-refractivity contribution in [3.63, 3.8) is 0 Å². The Labute approximate surface area is 103 Å². The van der Waals surface area contributed by atoms with Crippen molar-refractivity contribution in [2.45, 2.75) is 24.8 Å². The topological polar surface area (TPSA) is 21.3 Å². The maximum absolute atomic E-state index is 5.62. The van der Waals surface area contributed by atoms with Crippen LogP contribution in [0.15, 0.2) is 24.3 Å². The van der Waals surface area contributed by atoms with E-state index in [9.17, 15) is 0 Å². The quantitative estimate of drug-likeness (QED) is 0.747. The van der Waals surface area contributed by atoms with Crippen molar-refractivity contribution in [3.05, 3.63) is 35.4 Å². The molecule has 0 amide bonds. The van der Waals surface area contributed by atoms with Crippen molar-refractivity contribution in [1.29, 1.82) is 0 Å². The fourth-order valence-electron chi connectivity index (χ4n) is 2.78. The van der Waals surface area contributed by atoms with Gasteiger partial charge in [0.2, 0.25) is 0 Å². The van der Waals surface area contributed by atoms with Gasteiger partial charge in [-0.25, -0.2) is 0 Å². The van der Waals surface area contributed by atoms with Crippen LogP contribution in [0.1, 0.15) is 17.5 Å². The molecule has 2 aliphatic rings. The van der Waals surface area contributed by atoms with E-state index in [0.29, 0.717) is 0 Å². The van der Waals surface area contributed by atoms with Gasteiger partial charge >= 0.3 is 0 Å². The lowest BCUT2D eigenvalue weighted by Crippen LogP contribution is -2.57. The van der Waals surface area contributed by atoms with E-state index in [1.165, 1.54) is 24.0 Å². The second-order valence-corrected chi connectivity index (χ2v) is 4.71. The lowest BCUT2D eigenvalue weighted by Gasteiger charge is -2.41. The van der Waals surface area contributed by atoms with Crippen LogP contribution >= 0.6 is 12.4 Å². The number of rotatable bonds is 0. The average Bonchev–Trinajstić information content (AvgIpc) is 2.30. The molecule has 1 N–H and O–H groups in total. The molecule has 2 nitrogen and oxygen atoms in total. The highest BCUT2D eigenvalue weighted by atomic mass is 35.5. The molecule has 88 valence electrons. The smallest absolute Gasteiger partial charge is 0.0652 e. The Morgan fingerprint density at radius 1 is 1.19 bits per heavy atom. The second-order valence-electron chi connectivity index (χ2n) is 4.71. The molecular weight excluding hydrogens is 222 g/mol. The molecule has 3 rings (SSSR count). The van der Waals surface area contributed by atoms with Gasteiger partial charge in [-0.15, -0.1) is 12.4 Å². The summed E-state index contributed by atoms with van der Waals surface area (Å²) in [7, 11) is 0. The minimum absolute atomic E-state index is 0. The summed E-state index contributed by atoms with van der Waals surface area (Å²) in [4.78, 5) is 0. The maximum atomic E-state index is 5.62. The normalized spacial score (nSPS) is 28.2. The first-order chi connectivity index (χ1) is 7.38. The van der Waals surface area contributed by atoms with Gasteiger partial charge in [-0.05, 0) is 30.4 Å². The highest BCUT2D eigenvalue weighted by Gasteiger charge is 2.35. The van der Waals surface area contributed by atoms with Crippen LogP contribution in [0.5, 0.6) is 0 Å². The van der Waals surface area contributed by atoms with Gasteiger partial charge in [0.15, 0.2) is 0 Å². The van der Waals surface area contributed by atoms with E-state index in [1.54, 1.807) is 0 Å². The number of benzene rings is 1. The first kappa shape index (κ1) is 11.9. The predicted molar refractivity (Wildman–Crippen MR) is 67.3 cm³/mol. The molecule has 0 bridgehead atoms. The second kappa shape index (κ2) is 4.74. The molecule has 1 aromatic carbocycles. The summed E-state index contributed by atoms with van der Waals surface area (Å²) in [6.45, 7) is 2.74. The van der Waals surface area contributed by atoms with Gasteiger partial charge in [0.1, 0.15) is 0 Å². The van der Waals surface area contributed by atoms with Crippen molar-refractivity contribution in [2.75, 3.05) is 19.8 Å². The van der Waals surface area contributed by atoms with Gasteiger partial charge in [0.05, 0.1) is 13.2 Å². The molecule has 1 atom stereocenters. The minimum atomic E-state index is 0. The standard InChI is InChI=1S/C13H17NO.ClH/c1-2-4-12-9-13(6-5-11(12)3-1)10-15-8-7-14-13;/h1-4,14H,5-10H2;1H. The van der Waals surface area contributed by atoms with E-state index in [0.717, 1.165) is 26.2 Å². The molecule has 16 heavy (non-hydrogen) atoms. The van der Waals surface area contributed by atoms with E-state index in [4.69, 9.17) is 4.74 Å². The van der Waals surface area contributed by atoms with Gasteiger partial charge in [0.25, 0.3) is 0 Å². The first-order valence-corrected chi connectivity index (χ1v) is 5.78. The largest absolute Gasteiger partial charge is 0.378 e. The molecule has 1 spiro atoms. The van der Waals surface area contributed by atoms with Crippen LogP contribution in [0.25, 0.3) is 0 Å². The number of morpholine rings is 1. The van der Waals surface area contributed by atoms with Crippen LogP contribution in [0.2, 0.25) is 0 Å². The van der Waals surface area contributed by atoms with Crippen molar-refractivity contribution < 1.29 is 4.74 Å². The number of fused-ring (bicyclic) bond motifs is 1. The lowest BCUT2D eigenvalue weighted by atomic mass is 9.78. The minimum Gasteiger partial charge on any atom is -0.378 e. The zero-order chi connectivity index (χ0) is 10.1. The van der Waals surface area contributed by atoms with E-state index >= 15 is 0 Å². The molecule has 0 saturated carbocycles. The SMILES string of the molecule is Cl.c1ccc2c(c1)CCC1(COCCN1)C2. The summed E-state index contributed by atoms with van der Waals surface area (Å²) in [6.07, 6.45) is 3.53. The van der Waals surface area contributed by atoms with Gasteiger partial charge in [-0.1, -0.05) is 24.3 Å². The van der Waals surface area contributed by atoms with Crippen LogP contribution in [-0.2, 0) is 17.6 Å². The Balaban J connectivity index is 0.000000963. The molecule has 1 aliphatic carbocycles. The average molecular weight is 240 g/mol. The molecule has 1 fully saturated rings. The Hall–Kier alpha value is -0.570. The summed E-state index contributed by atoms with van der Waals surface area (Å²) in [5.74, 6) is 0. The van der Waals surface area contributed by atoms with Gasteiger partial charge < -0.3 is 10.1 Å². The third-order valence-electron chi connectivity index (χ3n) is 3.64. The monoisotopic (exact) mass is 239 g/mol. The summed E-state index contributed by atoms with van der Waals surface area (Å²) in [6, 6.07) is 8.79. The first-order valence-electron chi connectivity index (χ1n) is 5.78. The summed E-state index contributed by atoms with van der Waals surface area (Å²) in [5, 5.41) is 3.65. The molecule has 1 unspecified atom stereocenters. The Kier molecular flexibility index (Phi) is 3.53. The number of nitrogens with one attached hydrogen (secondary N) is 1. The molecular formula is C13H18ClNO. The number of hydrogen-bond acceptors (Lipinski definition) is 2. The van der Waals surface area contributed by atoms with E-state index < -0.39 is 0 Å². The third kappa shape index (κ3) is 2.10. The summed E-state index contributed by atoms with van der Waals surface area (Å²) in [5.41, 5.74) is 3.25. The molecule has 3 heteroatoms. The number of aryl methyl sites for hydroxylation is 1. The van der Waals surface area contributed by atoms with Crippen LogP contribution < -0.4 is 5.32 Å². The van der Waals surface area contributed by atoms with Crippen LogP contribution in [0.4, 0.5) is 0 Å². The van der Waals surface area contributed by atoms with E-state index in [-0.39, 0.29) is 17.9 Å². The third-order valence-corrected chi connectivity index (χ3v) is 3.64. The van der Waals surface area contributed by atoms with Crippen molar-refractivity contribution in [2.24, 2.45) is 0 Å². The highest BCUT2D eigenvalue weighted by Crippen LogP contribution is 2.29. The van der Waals surface area contributed by atoms with Crippen LogP contribution in [0, 0.1) is 0 Å². The Morgan fingerprint density at radius 3 is 2.75 bits per heavy atom. The van der Waals surface area contributed by atoms with Crippen LogP contribution in [0.3, 0.4) is 0 Å². The molecule has 1 saturated heterocycles. The molecule has 0 radical (unpaired) electrons. The van der Waals surface area contributed by atoms with Crippen molar-refractivity contribution >= 4 is 12.4 Å². The Bertz CT molecular complexity index is 361. The van der Waals surface area contributed by atoms with E-state index in [2.05, 4.69) is 29.6 Å². The number of halogens is 1. The lowest BCUT2D eigenvalue weighted by molar-refractivity contribution is 0.0206. The zero-order valence-corrected chi connectivity index (χ0v) is 10.2. The van der Waals surface area contributed by atoms with E-state index in [1.807, 2.05) is 0 Å². The molecule has 1 aliphatic heterocycles. The summed E-state index contributed by atoms with van der Waals surface area (Å²) < 4.78 is 5.62.